The largest absolute Gasteiger partial charge is 0.476 e. The minimum Gasteiger partial charge on any atom is -0.476 e. The van der Waals surface area contributed by atoms with Crippen molar-refractivity contribution in [3.63, 3.8) is 0 Å². The predicted octanol–water partition coefficient (Wildman–Crippen LogP) is 1.73. The molecule has 0 aliphatic rings. The number of hydrogen-bond acceptors (Lipinski definition) is 5. The number of alkyl halides is 2. The van der Waals surface area contributed by atoms with Gasteiger partial charge in [0.1, 0.15) is 5.69 Å². The summed E-state index contributed by atoms with van der Waals surface area (Å²) < 4.78 is 26.5. The molecular weight excluding hydrogens is 266 g/mol. The lowest BCUT2D eigenvalue weighted by atomic mass is 10.3. The number of halogens is 2. The van der Waals surface area contributed by atoms with E-state index in [1.165, 1.54) is 17.5 Å². The highest BCUT2D eigenvalue weighted by molar-refractivity contribution is 7.11. The first-order chi connectivity index (χ1) is 8.49. The molecule has 0 atom stereocenters. The smallest absolute Gasteiger partial charge is 0.358 e. The average Bonchev–Trinajstić information content (AvgIpc) is 2.85. The number of hydrogen-bond donors (Lipinski definition) is 1. The van der Waals surface area contributed by atoms with Crippen molar-refractivity contribution >= 4 is 17.3 Å². The van der Waals surface area contributed by atoms with Gasteiger partial charge in [0.25, 0.3) is 6.43 Å². The summed E-state index contributed by atoms with van der Waals surface area (Å²) in [5, 5.41) is 16.2. The van der Waals surface area contributed by atoms with E-state index in [0.29, 0.717) is 4.88 Å². The molecule has 0 fully saturated rings. The first kappa shape index (κ1) is 12.6. The highest BCUT2D eigenvalue weighted by Crippen LogP contribution is 2.23. The molecule has 0 spiro atoms. The van der Waals surface area contributed by atoms with Gasteiger partial charge in [0.05, 0.1) is 11.6 Å². The second-order valence-electron chi connectivity index (χ2n) is 3.43. The molecule has 0 radical (unpaired) electrons. The van der Waals surface area contributed by atoms with E-state index in [1.54, 1.807) is 6.92 Å². The van der Waals surface area contributed by atoms with Gasteiger partial charge in [-0.3, -0.25) is 0 Å². The number of aromatic carboxylic acids is 1. The molecule has 0 aliphatic carbocycles. The van der Waals surface area contributed by atoms with Crippen LogP contribution in [0.4, 0.5) is 8.78 Å². The van der Waals surface area contributed by atoms with Crippen molar-refractivity contribution < 1.29 is 18.7 Å². The summed E-state index contributed by atoms with van der Waals surface area (Å²) in [7, 11) is 0. The van der Waals surface area contributed by atoms with Gasteiger partial charge in [0.15, 0.2) is 5.69 Å². The van der Waals surface area contributed by atoms with Gasteiger partial charge < -0.3 is 5.11 Å². The van der Waals surface area contributed by atoms with Gasteiger partial charge in [-0.15, -0.1) is 16.4 Å². The monoisotopic (exact) mass is 274 g/mol. The molecular formula is C9H8F2N4O2S. The summed E-state index contributed by atoms with van der Waals surface area (Å²) >= 11 is 1.33. The molecule has 0 bridgehead atoms. The molecule has 0 unspecified atom stereocenters. The average molecular weight is 274 g/mol. The van der Waals surface area contributed by atoms with Crippen LogP contribution in [-0.2, 0) is 6.54 Å². The third-order valence-electron chi connectivity index (χ3n) is 2.16. The van der Waals surface area contributed by atoms with Crippen molar-refractivity contribution in [2.45, 2.75) is 19.9 Å². The van der Waals surface area contributed by atoms with Crippen LogP contribution in [0.5, 0.6) is 0 Å². The van der Waals surface area contributed by atoms with Crippen molar-refractivity contribution in [2.24, 2.45) is 0 Å². The van der Waals surface area contributed by atoms with Crippen LogP contribution in [0, 0.1) is 6.92 Å². The number of aromatic nitrogens is 4. The Kier molecular flexibility index (Phi) is 3.32. The highest BCUT2D eigenvalue weighted by Gasteiger charge is 2.26. The van der Waals surface area contributed by atoms with E-state index in [4.69, 9.17) is 5.11 Å². The molecule has 0 amide bonds. The fourth-order valence-electron chi connectivity index (χ4n) is 1.43. The van der Waals surface area contributed by atoms with Gasteiger partial charge in [0.2, 0.25) is 0 Å². The summed E-state index contributed by atoms with van der Waals surface area (Å²) in [6.45, 7) is 1.82. The van der Waals surface area contributed by atoms with Gasteiger partial charge in [0, 0.05) is 11.1 Å². The van der Waals surface area contributed by atoms with Crippen LogP contribution in [0.15, 0.2) is 6.20 Å². The highest BCUT2D eigenvalue weighted by atomic mass is 32.1. The maximum absolute atomic E-state index is 12.8. The summed E-state index contributed by atoms with van der Waals surface area (Å²) in [6.07, 6.45) is -1.41. The Hall–Kier alpha value is -1.90. The van der Waals surface area contributed by atoms with Crippen LogP contribution in [0.25, 0.3) is 0 Å². The lowest BCUT2D eigenvalue weighted by Crippen LogP contribution is -2.09. The third kappa shape index (κ3) is 2.35. The van der Waals surface area contributed by atoms with E-state index in [-0.39, 0.29) is 6.54 Å². The standard InChI is InChI=1S/C9H8F2N4O2S/c1-4-12-2-5(18-4)3-15-7(8(10)11)6(9(16)17)13-14-15/h2,8H,3H2,1H3,(H,16,17). The topological polar surface area (TPSA) is 80.9 Å². The van der Waals surface area contributed by atoms with E-state index in [1.807, 2.05) is 0 Å². The van der Waals surface area contributed by atoms with Gasteiger partial charge in [-0.2, -0.15) is 0 Å². The summed E-state index contributed by atoms with van der Waals surface area (Å²) in [5.41, 5.74) is -1.40. The van der Waals surface area contributed by atoms with Gasteiger partial charge in [-0.25, -0.2) is 23.2 Å². The number of nitrogens with zero attached hydrogens (tertiary/aromatic N) is 4. The minimum atomic E-state index is -2.94. The molecule has 2 aromatic rings. The molecule has 0 saturated carbocycles. The summed E-state index contributed by atoms with van der Waals surface area (Å²) in [5.74, 6) is -1.52. The molecule has 18 heavy (non-hydrogen) atoms. The first-order valence-corrected chi connectivity index (χ1v) is 5.67. The molecule has 0 saturated heterocycles. The van der Waals surface area contributed by atoms with E-state index in [2.05, 4.69) is 15.3 Å². The maximum Gasteiger partial charge on any atom is 0.358 e. The Morgan fingerprint density at radius 3 is 2.83 bits per heavy atom. The van der Waals surface area contributed by atoms with Gasteiger partial charge >= 0.3 is 5.97 Å². The molecule has 9 heteroatoms. The fourth-order valence-corrected chi connectivity index (χ4v) is 2.21. The summed E-state index contributed by atoms with van der Waals surface area (Å²) in [6, 6.07) is 0. The number of carboxylic acid groups (broad SMARTS) is 1. The Morgan fingerprint density at radius 2 is 2.33 bits per heavy atom. The van der Waals surface area contributed by atoms with Crippen molar-refractivity contribution in [1.82, 2.24) is 20.0 Å². The molecule has 2 heterocycles. The zero-order valence-electron chi connectivity index (χ0n) is 9.17. The van der Waals surface area contributed by atoms with Crippen molar-refractivity contribution in [3.8, 4) is 0 Å². The summed E-state index contributed by atoms with van der Waals surface area (Å²) in [4.78, 5) is 15.4. The maximum atomic E-state index is 12.8. The Bertz CT molecular complexity index is 581. The van der Waals surface area contributed by atoms with E-state index >= 15 is 0 Å². The Balaban J connectivity index is 2.36. The zero-order chi connectivity index (χ0) is 13.3. The second kappa shape index (κ2) is 4.77. The molecule has 6 nitrogen and oxygen atoms in total. The number of thiazole rings is 1. The molecule has 2 rings (SSSR count). The fraction of sp³-hybridized carbons (Fsp3) is 0.333. The van der Waals surface area contributed by atoms with E-state index in [0.717, 1.165) is 9.69 Å². The van der Waals surface area contributed by atoms with Crippen LogP contribution in [0.1, 0.15) is 32.5 Å². The quantitative estimate of drug-likeness (QED) is 0.918. The van der Waals surface area contributed by atoms with Crippen LogP contribution in [0.2, 0.25) is 0 Å². The minimum absolute atomic E-state index is 0.0332. The molecule has 1 N–H and O–H groups in total. The van der Waals surface area contributed by atoms with Crippen molar-refractivity contribution in [3.05, 3.63) is 27.5 Å². The Labute approximate surface area is 104 Å². The lowest BCUT2D eigenvalue weighted by Gasteiger charge is -2.03. The van der Waals surface area contributed by atoms with Crippen molar-refractivity contribution in [2.75, 3.05) is 0 Å². The van der Waals surface area contributed by atoms with E-state index < -0.39 is 23.8 Å². The van der Waals surface area contributed by atoms with Crippen LogP contribution < -0.4 is 0 Å². The second-order valence-corrected chi connectivity index (χ2v) is 4.75. The molecule has 2 aromatic heterocycles. The van der Waals surface area contributed by atoms with Gasteiger partial charge in [-0.1, -0.05) is 5.21 Å². The third-order valence-corrected chi connectivity index (χ3v) is 3.05. The van der Waals surface area contributed by atoms with Crippen LogP contribution in [-0.4, -0.2) is 31.1 Å². The normalized spacial score (nSPS) is 11.1. The zero-order valence-corrected chi connectivity index (χ0v) is 9.99. The first-order valence-electron chi connectivity index (χ1n) is 4.85. The van der Waals surface area contributed by atoms with Crippen LogP contribution >= 0.6 is 11.3 Å². The molecule has 96 valence electrons. The molecule has 0 aliphatic heterocycles. The van der Waals surface area contributed by atoms with Crippen LogP contribution in [0.3, 0.4) is 0 Å². The Morgan fingerprint density at radius 1 is 1.61 bits per heavy atom. The number of rotatable bonds is 4. The predicted molar refractivity (Wildman–Crippen MR) is 57.9 cm³/mol. The number of carbonyl (C=O) groups is 1. The lowest BCUT2D eigenvalue weighted by molar-refractivity contribution is 0.0675. The number of carboxylic acids is 1. The SMILES string of the molecule is Cc1ncc(Cn2nnc(C(=O)O)c2C(F)F)s1. The number of aryl methyl sites for hydroxylation is 1. The molecule has 0 aromatic carbocycles. The van der Waals surface area contributed by atoms with Gasteiger partial charge in [-0.05, 0) is 6.92 Å². The van der Waals surface area contributed by atoms with E-state index in [9.17, 15) is 13.6 Å². The van der Waals surface area contributed by atoms with Crippen molar-refractivity contribution in [1.29, 1.82) is 0 Å².